The molecule has 1 N–H and O–H groups in total. The minimum Gasteiger partial charge on any atom is -0.353 e. The highest BCUT2D eigenvalue weighted by Gasteiger charge is 2.40. The number of aryl methyl sites for hydroxylation is 1. The number of nitrogens with zero attached hydrogens (tertiary/aromatic N) is 3. The van der Waals surface area contributed by atoms with E-state index in [1.165, 1.54) is 16.7 Å². The smallest absolute Gasteiger partial charge is 0.255 e. The molecule has 5 rings (SSSR count). The van der Waals surface area contributed by atoms with Crippen LogP contribution in [-0.2, 0) is 29.7 Å². The van der Waals surface area contributed by atoms with Crippen LogP contribution in [0.3, 0.4) is 0 Å². The van der Waals surface area contributed by atoms with E-state index in [0.717, 1.165) is 38.0 Å². The Balaban J connectivity index is 1.28. The largest absolute Gasteiger partial charge is 0.353 e. The third-order valence-electron chi connectivity index (χ3n) is 7.11. The number of aromatic nitrogens is 1. The van der Waals surface area contributed by atoms with Crippen molar-refractivity contribution >= 4 is 17.7 Å². The van der Waals surface area contributed by atoms with Crippen molar-refractivity contribution in [3.05, 3.63) is 58.7 Å². The maximum absolute atomic E-state index is 15.0. The molecular formula is C24H27FN4O3. The molecule has 8 heteroatoms. The summed E-state index contributed by atoms with van der Waals surface area (Å²) in [7, 11) is 2.04. The maximum Gasteiger partial charge on any atom is 0.255 e. The van der Waals surface area contributed by atoms with Crippen molar-refractivity contribution in [1.82, 2.24) is 19.7 Å². The number of fused-ring (bicyclic) bond motifs is 1. The predicted molar refractivity (Wildman–Crippen MR) is 115 cm³/mol. The number of imide groups is 1. The van der Waals surface area contributed by atoms with Crippen LogP contribution < -0.4 is 5.32 Å². The van der Waals surface area contributed by atoms with E-state index in [9.17, 15) is 14.4 Å². The summed E-state index contributed by atoms with van der Waals surface area (Å²) in [5.74, 6) is -1.33. The zero-order valence-corrected chi connectivity index (χ0v) is 18.1. The van der Waals surface area contributed by atoms with Gasteiger partial charge in [0.15, 0.2) is 0 Å². The topological polar surface area (TPSA) is 74.7 Å². The summed E-state index contributed by atoms with van der Waals surface area (Å²) in [4.78, 5) is 40.4. The molecule has 7 nitrogen and oxygen atoms in total. The third-order valence-corrected chi connectivity index (χ3v) is 7.11. The van der Waals surface area contributed by atoms with Gasteiger partial charge in [-0.1, -0.05) is 6.07 Å². The van der Waals surface area contributed by atoms with Crippen LogP contribution in [0.25, 0.3) is 0 Å². The number of carbonyl (C=O) groups excluding carboxylic acids is 3. The molecule has 0 aliphatic carbocycles. The number of piperidine rings is 2. The highest BCUT2D eigenvalue weighted by Crippen LogP contribution is 2.35. The van der Waals surface area contributed by atoms with E-state index in [4.69, 9.17) is 0 Å². The summed E-state index contributed by atoms with van der Waals surface area (Å²) >= 11 is 0. The molecule has 1 aromatic carbocycles. The number of carbonyl (C=O) groups is 3. The summed E-state index contributed by atoms with van der Waals surface area (Å²) in [6.07, 6.45) is 4.29. The molecule has 2 aromatic rings. The lowest BCUT2D eigenvalue weighted by Gasteiger charge is -2.32. The van der Waals surface area contributed by atoms with E-state index in [-0.39, 0.29) is 36.5 Å². The van der Waals surface area contributed by atoms with Gasteiger partial charge >= 0.3 is 0 Å². The minimum atomic E-state index is -0.681. The van der Waals surface area contributed by atoms with Gasteiger partial charge in [-0.05, 0) is 67.6 Å². The van der Waals surface area contributed by atoms with Crippen LogP contribution in [0.5, 0.6) is 0 Å². The molecule has 4 heterocycles. The lowest BCUT2D eigenvalue weighted by atomic mass is 9.87. The number of likely N-dealkylation sites (tertiary alicyclic amines) is 1. The highest BCUT2D eigenvalue weighted by atomic mass is 19.1. The Kier molecular flexibility index (Phi) is 5.33. The number of benzene rings is 1. The molecule has 1 aromatic heterocycles. The van der Waals surface area contributed by atoms with Crippen LogP contribution in [0.2, 0.25) is 0 Å². The van der Waals surface area contributed by atoms with Gasteiger partial charge in [-0.15, -0.1) is 0 Å². The minimum absolute atomic E-state index is 0.115. The lowest BCUT2D eigenvalue weighted by Crippen LogP contribution is -2.52. The average Bonchev–Trinajstić information content (AvgIpc) is 3.31. The van der Waals surface area contributed by atoms with Gasteiger partial charge in [-0.25, -0.2) is 4.39 Å². The highest BCUT2D eigenvalue weighted by molar-refractivity contribution is 6.05. The first-order valence-corrected chi connectivity index (χ1v) is 11.2. The van der Waals surface area contributed by atoms with E-state index >= 15 is 4.39 Å². The summed E-state index contributed by atoms with van der Waals surface area (Å²) in [5.41, 5.74) is 3.03. The Morgan fingerprint density at radius 2 is 1.91 bits per heavy atom. The van der Waals surface area contributed by atoms with Gasteiger partial charge in [0.25, 0.3) is 5.91 Å². The van der Waals surface area contributed by atoms with Crippen LogP contribution in [0.4, 0.5) is 4.39 Å². The van der Waals surface area contributed by atoms with Crippen LogP contribution in [0.1, 0.15) is 58.8 Å². The average molecular weight is 439 g/mol. The molecule has 2 fully saturated rings. The van der Waals surface area contributed by atoms with Gasteiger partial charge < -0.3 is 9.47 Å². The van der Waals surface area contributed by atoms with Crippen molar-refractivity contribution in [2.75, 3.05) is 13.1 Å². The molecule has 168 valence electrons. The van der Waals surface area contributed by atoms with Gasteiger partial charge in [0.2, 0.25) is 11.8 Å². The Labute approximate surface area is 186 Å². The number of rotatable bonds is 4. The fourth-order valence-electron chi connectivity index (χ4n) is 5.21. The third kappa shape index (κ3) is 3.72. The first-order valence-electron chi connectivity index (χ1n) is 11.2. The SMILES string of the molecule is Cn1cccc1CN1CCC(c2cc3c(cc2F)C(=O)N(C2CCC(=O)NC2=O)C3)CC1. The Morgan fingerprint density at radius 3 is 2.59 bits per heavy atom. The fraction of sp³-hybridized carbons (Fsp3) is 0.458. The summed E-state index contributed by atoms with van der Waals surface area (Å²) in [6, 6.07) is 6.65. The zero-order valence-electron chi connectivity index (χ0n) is 18.1. The van der Waals surface area contributed by atoms with E-state index in [1.807, 2.05) is 25.4 Å². The number of nitrogens with one attached hydrogen (secondary N) is 1. The van der Waals surface area contributed by atoms with Crippen LogP contribution >= 0.6 is 0 Å². The maximum atomic E-state index is 15.0. The van der Waals surface area contributed by atoms with Crippen molar-refractivity contribution in [3.8, 4) is 0 Å². The predicted octanol–water partition coefficient (Wildman–Crippen LogP) is 2.30. The molecule has 0 spiro atoms. The number of halogens is 1. The molecule has 0 radical (unpaired) electrons. The fourth-order valence-corrected chi connectivity index (χ4v) is 5.21. The van der Waals surface area contributed by atoms with Crippen molar-refractivity contribution in [2.24, 2.45) is 7.05 Å². The summed E-state index contributed by atoms with van der Waals surface area (Å²) in [6.45, 7) is 2.96. The van der Waals surface area contributed by atoms with E-state index in [1.54, 1.807) is 0 Å². The molecule has 3 aliphatic rings. The van der Waals surface area contributed by atoms with Crippen molar-refractivity contribution in [2.45, 2.75) is 50.7 Å². The van der Waals surface area contributed by atoms with E-state index in [0.29, 0.717) is 17.5 Å². The van der Waals surface area contributed by atoms with Crippen molar-refractivity contribution in [1.29, 1.82) is 0 Å². The molecule has 0 bridgehead atoms. The standard InChI is InChI=1S/C24H27FN4O3/c1-27-8-2-3-17(27)14-28-9-6-15(7-10-28)18-11-16-13-29(24(32)19(16)12-20(18)25)21-4-5-22(30)26-23(21)31/h2-3,8,11-12,15,21H,4-7,9-10,13-14H2,1H3,(H,26,30,31). The van der Waals surface area contributed by atoms with Crippen molar-refractivity contribution < 1.29 is 18.8 Å². The molecule has 1 unspecified atom stereocenters. The van der Waals surface area contributed by atoms with Gasteiger partial charge in [-0.3, -0.25) is 24.6 Å². The lowest BCUT2D eigenvalue weighted by molar-refractivity contribution is -0.136. The second kappa shape index (κ2) is 8.16. The monoisotopic (exact) mass is 438 g/mol. The first-order chi connectivity index (χ1) is 15.4. The Hall–Kier alpha value is -3.00. The zero-order chi connectivity index (χ0) is 22.4. The molecule has 3 aliphatic heterocycles. The molecule has 3 amide bonds. The summed E-state index contributed by atoms with van der Waals surface area (Å²) < 4.78 is 17.2. The molecule has 0 saturated carbocycles. The molecule has 2 saturated heterocycles. The Morgan fingerprint density at radius 1 is 1.12 bits per heavy atom. The van der Waals surface area contributed by atoms with E-state index in [2.05, 4.69) is 20.9 Å². The quantitative estimate of drug-likeness (QED) is 0.744. The van der Waals surface area contributed by atoms with Crippen LogP contribution in [0.15, 0.2) is 30.5 Å². The van der Waals surface area contributed by atoms with Crippen LogP contribution in [-0.4, -0.2) is 51.2 Å². The second-order valence-electron chi connectivity index (χ2n) is 9.09. The first kappa shape index (κ1) is 20.9. The number of amides is 3. The van der Waals surface area contributed by atoms with Crippen molar-refractivity contribution in [3.63, 3.8) is 0 Å². The van der Waals surface area contributed by atoms with Gasteiger partial charge in [-0.2, -0.15) is 0 Å². The molecule has 1 atom stereocenters. The van der Waals surface area contributed by atoms with Gasteiger partial charge in [0.05, 0.1) is 0 Å². The van der Waals surface area contributed by atoms with Crippen LogP contribution in [0, 0.1) is 5.82 Å². The normalized spacial score (nSPS) is 22.4. The Bertz CT molecular complexity index is 1090. The summed E-state index contributed by atoms with van der Waals surface area (Å²) in [5, 5.41) is 2.30. The van der Waals surface area contributed by atoms with Gasteiger partial charge in [0, 0.05) is 44.0 Å². The molecular weight excluding hydrogens is 411 g/mol. The molecule has 32 heavy (non-hydrogen) atoms. The van der Waals surface area contributed by atoms with Gasteiger partial charge in [0.1, 0.15) is 11.9 Å². The van der Waals surface area contributed by atoms with E-state index < -0.39 is 11.9 Å². The number of hydrogen-bond donors (Lipinski definition) is 1. The number of hydrogen-bond acceptors (Lipinski definition) is 4. The second-order valence-corrected chi connectivity index (χ2v) is 9.09.